The van der Waals surface area contributed by atoms with Gasteiger partial charge in [-0.2, -0.15) is 0 Å². The summed E-state index contributed by atoms with van der Waals surface area (Å²) < 4.78 is 8.86. The van der Waals surface area contributed by atoms with Crippen LogP contribution >= 0.6 is 0 Å². The zero-order chi connectivity index (χ0) is 15.9. The van der Waals surface area contributed by atoms with Crippen molar-refractivity contribution >= 4 is 23.8 Å². The molecule has 0 saturated heterocycles. The van der Waals surface area contributed by atoms with Gasteiger partial charge in [0, 0.05) is 5.92 Å². The first kappa shape index (κ1) is 17.9. The molecule has 0 spiro atoms. The molecule has 1 amide bonds. The van der Waals surface area contributed by atoms with Gasteiger partial charge < -0.3 is 19.5 Å². The van der Waals surface area contributed by atoms with Crippen molar-refractivity contribution in [2.24, 2.45) is 11.8 Å². The second-order valence-electron chi connectivity index (χ2n) is 4.26. The molecule has 0 bridgehead atoms. The zero-order valence-electron chi connectivity index (χ0n) is 11.9. The Kier molecular flexibility index (Phi) is 7.27. The highest BCUT2D eigenvalue weighted by Crippen LogP contribution is 2.14. The highest BCUT2D eigenvalue weighted by Gasteiger charge is 2.31. The van der Waals surface area contributed by atoms with Crippen molar-refractivity contribution in [1.82, 2.24) is 4.90 Å². The van der Waals surface area contributed by atoms with Crippen LogP contribution in [0, 0.1) is 11.8 Å². The molecule has 0 aliphatic heterocycles. The van der Waals surface area contributed by atoms with Gasteiger partial charge in [-0.15, -0.1) is 0 Å². The third-order valence-corrected chi connectivity index (χ3v) is 2.94. The molecule has 8 nitrogen and oxygen atoms in total. The van der Waals surface area contributed by atoms with Crippen LogP contribution in [0.4, 0.5) is 0 Å². The van der Waals surface area contributed by atoms with Crippen LogP contribution in [-0.4, -0.2) is 61.1 Å². The van der Waals surface area contributed by atoms with Gasteiger partial charge in [-0.05, 0) is 0 Å². The lowest BCUT2D eigenvalue weighted by molar-refractivity contribution is -0.156. The van der Waals surface area contributed by atoms with E-state index in [0.717, 1.165) is 19.1 Å². The second kappa shape index (κ2) is 8.13. The minimum absolute atomic E-state index is 0.443. The van der Waals surface area contributed by atoms with Crippen LogP contribution in [0.15, 0.2) is 0 Å². The van der Waals surface area contributed by atoms with Gasteiger partial charge in [0.1, 0.15) is 13.1 Å². The lowest BCUT2D eigenvalue weighted by Crippen LogP contribution is -2.44. The Morgan fingerprint density at radius 1 is 0.950 bits per heavy atom. The number of carbonyl (C=O) groups excluding carboxylic acids is 3. The number of nitrogens with zero attached hydrogens (tertiary/aromatic N) is 1. The van der Waals surface area contributed by atoms with E-state index in [-0.39, 0.29) is 0 Å². The number of esters is 2. The molecule has 0 aromatic rings. The van der Waals surface area contributed by atoms with Gasteiger partial charge in [-0.3, -0.25) is 19.2 Å². The molecule has 114 valence electrons. The van der Waals surface area contributed by atoms with E-state index >= 15 is 0 Å². The maximum atomic E-state index is 12.1. The summed E-state index contributed by atoms with van der Waals surface area (Å²) in [7, 11) is 2.29. The number of carbonyl (C=O) groups is 4. The SMILES string of the molecule is COC(=O)CN(CC(=O)OC)C(=O)C(C)C(C)C(=O)O. The van der Waals surface area contributed by atoms with Crippen molar-refractivity contribution in [3.63, 3.8) is 0 Å². The van der Waals surface area contributed by atoms with E-state index in [1.54, 1.807) is 0 Å². The number of ether oxygens (including phenoxy) is 2. The number of carboxylic acid groups (broad SMARTS) is 1. The average Bonchev–Trinajstić information content (AvgIpc) is 2.43. The standard InChI is InChI=1S/C12H19NO7/c1-7(8(2)12(17)18)11(16)13(5-9(14)19-3)6-10(15)20-4/h7-8H,5-6H2,1-4H3,(H,17,18). The second-order valence-corrected chi connectivity index (χ2v) is 4.26. The quantitative estimate of drug-likeness (QED) is 0.630. The first-order valence-corrected chi connectivity index (χ1v) is 5.89. The number of carboxylic acids is 1. The van der Waals surface area contributed by atoms with E-state index in [4.69, 9.17) is 5.11 Å². The molecule has 0 aliphatic rings. The fraction of sp³-hybridized carbons (Fsp3) is 0.667. The summed E-state index contributed by atoms with van der Waals surface area (Å²) in [6.45, 7) is 1.91. The Morgan fingerprint density at radius 2 is 1.35 bits per heavy atom. The third-order valence-electron chi connectivity index (χ3n) is 2.94. The fourth-order valence-corrected chi connectivity index (χ4v) is 1.37. The van der Waals surface area contributed by atoms with E-state index in [2.05, 4.69) is 9.47 Å². The molecular formula is C12H19NO7. The van der Waals surface area contributed by atoms with Crippen molar-refractivity contribution < 1.29 is 33.8 Å². The van der Waals surface area contributed by atoms with Gasteiger partial charge >= 0.3 is 17.9 Å². The lowest BCUT2D eigenvalue weighted by atomic mass is 9.94. The predicted molar refractivity (Wildman–Crippen MR) is 66.6 cm³/mol. The van der Waals surface area contributed by atoms with Crippen LogP contribution in [0.25, 0.3) is 0 Å². The summed E-state index contributed by atoms with van der Waals surface area (Å²) in [5.41, 5.74) is 0. The number of hydrogen-bond donors (Lipinski definition) is 1. The van der Waals surface area contributed by atoms with Gasteiger partial charge in [-0.25, -0.2) is 0 Å². The smallest absolute Gasteiger partial charge is 0.325 e. The van der Waals surface area contributed by atoms with Crippen molar-refractivity contribution in [2.75, 3.05) is 27.3 Å². The van der Waals surface area contributed by atoms with E-state index in [9.17, 15) is 19.2 Å². The number of hydrogen-bond acceptors (Lipinski definition) is 6. The van der Waals surface area contributed by atoms with Crippen LogP contribution in [0.2, 0.25) is 0 Å². The van der Waals surface area contributed by atoms with Gasteiger partial charge in [0.2, 0.25) is 5.91 Å². The molecule has 0 fully saturated rings. The topological polar surface area (TPSA) is 110 Å². The van der Waals surface area contributed by atoms with Crippen molar-refractivity contribution in [1.29, 1.82) is 0 Å². The molecule has 0 aromatic carbocycles. The summed E-state index contributed by atoms with van der Waals surface area (Å²) in [5.74, 6) is -5.02. The summed E-state index contributed by atoms with van der Waals surface area (Å²) >= 11 is 0. The predicted octanol–water partition coefficient (Wildman–Crippen LogP) is -0.482. The first-order valence-electron chi connectivity index (χ1n) is 5.89. The summed E-state index contributed by atoms with van der Waals surface area (Å²) in [6.07, 6.45) is 0. The monoisotopic (exact) mass is 289 g/mol. The molecule has 20 heavy (non-hydrogen) atoms. The molecule has 0 heterocycles. The summed E-state index contributed by atoms with van der Waals surface area (Å²) in [5, 5.41) is 8.89. The van der Waals surface area contributed by atoms with E-state index < -0.39 is 48.7 Å². The molecular weight excluding hydrogens is 270 g/mol. The van der Waals surface area contributed by atoms with Crippen molar-refractivity contribution in [2.45, 2.75) is 13.8 Å². The molecule has 8 heteroatoms. The van der Waals surface area contributed by atoms with Crippen LogP contribution in [0.1, 0.15) is 13.8 Å². The van der Waals surface area contributed by atoms with E-state index in [1.165, 1.54) is 13.8 Å². The zero-order valence-corrected chi connectivity index (χ0v) is 11.9. The van der Waals surface area contributed by atoms with Crippen molar-refractivity contribution in [3.05, 3.63) is 0 Å². The van der Waals surface area contributed by atoms with Gasteiger partial charge in [-0.1, -0.05) is 13.8 Å². The number of rotatable bonds is 7. The Labute approximate surface area is 116 Å². The minimum Gasteiger partial charge on any atom is -0.481 e. The largest absolute Gasteiger partial charge is 0.481 e. The Hall–Kier alpha value is -2.12. The Morgan fingerprint density at radius 3 is 1.65 bits per heavy atom. The van der Waals surface area contributed by atoms with Crippen molar-refractivity contribution in [3.8, 4) is 0 Å². The molecule has 0 aliphatic carbocycles. The number of methoxy groups -OCH3 is 2. The fourth-order valence-electron chi connectivity index (χ4n) is 1.37. The van der Waals surface area contributed by atoms with E-state index in [0.29, 0.717) is 0 Å². The molecule has 0 aromatic heterocycles. The number of aliphatic carboxylic acids is 1. The summed E-state index contributed by atoms with van der Waals surface area (Å²) in [4.78, 5) is 46.4. The highest BCUT2D eigenvalue weighted by molar-refractivity contribution is 5.89. The maximum absolute atomic E-state index is 12.1. The highest BCUT2D eigenvalue weighted by atomic mass is 16.5. The van der Waals surface area contributed by atoms with Gasteiger partial charge in [0.05, 0.1) is 20.1 Å². The van der Waals surface area contributed by atoms with Crippen LogP contribution in [0.5, 0.6) is 0 Å². The maximum Gasteiger partial charge on any atom is 0.325 e. The minimum atomic E-state index is -1.14. The third kappa shape index (κ3) is 5.25. The molecule has 2 atom stereocenters. The molecule has 2 unspecified atom stereocenters. The van der Waals surface area contributed by atoms with E-state index in [1.807, 2.05) is 0 Å². The van der Waals surface area contributed by atoms with Gasteiger partial charge in [0.25, 0.3) is 0 Å². The number of amides is 1. The lowest BCUT2D eigenvalue weighted by Gasteiger charge is -2.25. The average molecular weight is 289 g/mol. The van der Waals surface area contributed by atoms with Crippen LogP contribution in [0.3, 0.4) is 0 Å². The van der Waals surface area contributed by atoms with Crippen LogP contribution in [-0.2, 0) is 28.7 Å². The van der Waals surface area contributed by atoms with Crippen LogP contribution < -0.4 is 0 Å². The molecule has 0 rings (SSSR count). The normalized spacial score (nSPS) is 13.0. The Balaban J connectivity index is 4.99. The van der Waals surface area contributed by atoms with Gasteiger partial charge in [0.15, 0.2) is 0 Å². The first-order chi connectivity index (χ1) is 9.24. The summed E-state index contributed by atoms with van der Waals surface area (Å²) in [6, 6.07) is 0. The molecule has 0 radical (unpaired) electrons. The molecule has 0 saturated carbocycles. The Bertz CT molecular complexity index is 375. The molecule has 1 N–H and O–H groups in total.